The maximum atomic E-state index is 13.1. The smallest absolute Gasteiger partial charge is 0.241 e. The van der Waals surface area contributed by atoms with Crippen LogP contribution in [0.25, 0.3) is 0 Å². The van der Waals surface area contributed by atoms with Crippen molar-refractivity contribution in [2.45, 2.75) is 18.2 Å². The molecule has 0 aliphatic rings. The molecule has 0 spiro atoms. The molecule has 2 N–H and O–H groups in total. The number of ether oxygens (including phenoxy) is 2. The van der Waals surface area contributed by atoms with Gasteiger partial charge >= 0.3 is 0 Å². The summed E-state index contributed by atoms with van der Waals surface area (Å²) in [5, 5.41) is 2.60. The molecule has 0 fully saturated rings. The van der Waals surface area contributed by atoms with Crippen molar-refractivity contribution < 1.29 is 27.1 Å². The number of carbonyl (C=O) groups excluding carboxylic acids is 1. The second-order valence-corrected chi connectivity index (χ2v) is 7.76. The molecule has 0 unspecified atom stereocenters. The molecule has 9 heteroatoms. The summed E-state index contributed by atoms with van der Waals surface area (Å²) in [7, 11) is -0.907. The first-order valence-corrected chi connectivity index (χ1v) is 9.98. The maximum Gasteiger partial charge on any atom is 0.241 e. The van der Waals surface area contributed by atoms with Crippen molar-refractivity contribution >= 4 is 15.9 Å². The summed E-state index contributed by atoms with van der Waals surface area (Å²) in [5.74, 6) is -0.00382. The van der Waals surface area contributed by atoms with Gasteiger partial charge in [0.2, 0.25) is 15.9 Å². The molecule has 1 amide bonds. The minimum atomic E-state index is -3.80. The van der Waals surface area contributed by atoms with E-state index in [0.29, 0.717) is 22.6 Å². The highest BCUT2D eigenvalue weighted by atomic mass is 32.2. The minimum absolute atomic E-state index is 0.00497. The van der Waals surface area contributed by atoms with Gasteiger partial charge in [0, 0.05) is 19.2 Å². The van der Waals surface area contributed by atoms with Gasteiger partial charge in [-0.25, -0.2) is 17.5 Å². The molecule has 0 atom stereocenters. The number of hydrogen-bond donors (Lipinski definition) is 2. The SMILES string of the molecule is COc1cc(C)c(S(=O)(=O)NCCNC(=O)Cc2cccc(F)c2)cc1OC. The first-order chi connectivity index (χ1) is 13.3. The van der Waals surface area contributed by atoms with Crippen molar-refractivity contribution in [3.05, 3.63) is 53.3 Å². The van der Waals surface area contributed by atoms with Crippen LogP contribution in [0.15, 0.2) is 41.3 Å². The van der Waals surface area contributed by atoms with Gasteiger partial charge in [0.25, 0.3) is 0 Å². The fourth-order valence-corrected chi connectivity index (χ4v) is 3.88. The van der Waals surface area contributed by atoms with Crippen molar-refractivity contribution in [3.63, 3.8) is 0 Å². The molecule has 0 radical (unpaired) electrons. The Morgan fingerprint density at radius 2 is 1.75 bits per heavy atom. The quantitative estimate of drug-likeness (QED) is 0.615. The lowest BCUT2D eigenvalue weighted by Crippen LogP contribution is -2.35. The van der Waals surface area contributed by atoms with Crippen molar-refractivity contribution in [2.75, 3.05) is 27.3 Å². The number of methoxy groups -OCH3 is 2. The Labute approximate surface area is 163 Å². The van der Waals surface area contributed by atoms with Gasteiger partial charge in [-0.3, -0.25) is 4.79 Å². The zero-order valence-electron chi connectivity index (χ0n) is 15.9. The Bertz CT molecular complexity index is 947. The Morgan fingerprint density at radius 3 is 2.39 bits per heavy atom. The second-order valence-electron chi connectivity index (χ2n) is 6.03. The molecule has 0 aromatic heterocycles. The number of carbonyl (C=O) groups is 1. The molecule has 0 bridgehead atoms. The van der Waals surface area contributed by atoms with E-state index in [9.17, 15) is 17.6 Å². The molecule has 0 saturated carbocycles. The molecule has 0 aliphatic carbocycles. The average molecular weight is 410 g/mol. The van der Waals surface area contributed by atoms with Crippen LogP contribution in [0.2, 0.25) is 0 Å². The van der Waals surface area contributed by atoms with Crippen LogP contribution in [0.5, 0.6) is 11.5 Å². The first-order valence-electron chi connectivity index (χ1n) is 8.50. The van der Waals surface area contributed by atoms with Gasteiger partial charge in [0.15, 0.2) is 11.5 Å². The van der Waals surface area contributed by atoms with Crippen molar-refractivity contribution in [3.8, 4) is 11.5 Å². The van der Waals surface area contributed by atoms with E-state index in [4.69, 9.17) is 9.47 Å². The number of sulfonamides is 1. The molecule has 7 nitrogen and oxygen atoms in total. The molecule has 0 aliphatic heterocycles. The monoisotopic (exact) mass is 410 g/mol. The van der Waals surface area contributed by atoms with E-state index in [-0.39, 0.29) is 30.3 Å². The number of rotatable bonds is 9. The van der Waals surface area contributed by atoms with Gasteiger partial charge in [-0.1, -0.05) is 12.1 Å². The zero-order chi connectivity index (χ0) is 20.7. The lowest BCUT2D eigenvalue weighted by molar-refractivity contribution is -0.120. The number of hydrogen-bond acceptors (Lipinski definition) is 5. The summed E-state index contributed by atoms with van der Waals surface area (Å²) in [5.41, 5.74) is 1.04. The van der Waals surface area contributed by atoms with Gasteiger partial charge in [-0.05, 0) is 36.2 Å². The lowest BCUT2D eigenvalue weighted by Gasteiger charge is -2.14. The third-order valence-electron chi connectivity index (χ3n) is 3.96. The average Bonchev–Trinajstić information content (AvgIpc) is 2.64. The zero-order valence-corrected chi connectivity index (χ0v) is 16.7. The Hall–Kier alpha value is -2.65. The van der Waals surface area contributed by atoms with Crippen LogP contribution in [0.1, 0.15) is 11.1 Å². The van der Waals surface area contributed by atoms with Crippen LogP contribution in [-0.2, 0) is 21.2 Å². The van der Waals surface area contributed by atoms with Crippen LogP contribution in [0.3, 0.4) is 0 Å². The highest BCUT2D eigenvalue weighted by Crippen LogP contribution is 2.32. The van der Waals surface area contributed by atoms with E-state index < -0.39 is 15.8 Å². The molecule has 0 heterocycles. The van der Waals surface area contributed by atoms with E-state index in [1.807, 2.05) is 0 Å². The van der Waals surface area contributed by atoms with E-state index in [0.717, 1.165) is 0 Å². The van der Waals surface area contributed by atoms with Crippen LogP contribution < -0.4 is 19.5 Å². The van der Waals surface area contributed by atoms with Gasteiger partial charge in [0.05, 0.1) is 25.5 Å². The number of amides is 1. The number of nitrogens with one attached hydrogen (secondary N) is 2. The first kappa shape index (κ1) is 21.6. The number of halogens is 1. The van der Waals surface area contributed by atoms with E-state index in [2.05, 4.69) is 10.0 Å². The largest absolute Gasteiger partial charge is 0.493 e. The summed E-state index contributed by atoms with van der Waals surface area (Å²) in [4.78, 5) is 12.0. The van der Waals surface area contributed by atoms with E-state index in [1.54, 1.807) is 19.1 Å². The van der Waals surface area contributed by atoms with Gasteiger partial charge < -0.3 is 14.8 Å². The molecular weight excluding hydrogens is 387 g/mol. The summed E-state index contributed by atoms with van der Waals surface area (Å²) in [6.45, 7) is 1.75. The Morgan fingerprint density at radius 1 is 1.07 bits per heavy atom. The predicted molar refractivity (Wildman–Crippen MR) is 103 cm³/mol. The Balaban J connectivity index is 1.92. The summed E-state index contributed by atoms with van der Waals surface area (Å²) >= 11 is 0. The fraction of sp³-hybridized carbons (Fsp3) is 0.316. The van der Waals surface area contributed by atoms with Gasteiger partial charge in [-0.15, -0.1) is 0 Å². The molecular formula is C19H23FN2O5S. The van der Waals surface area contributed by atoms with Crippen LogP contribution in [0, 0.1) is 12.7 Å². The van der Waals surface area contributed by atoms with Gasteiger partial charge in [-0.2, -0.15) is 0 Å². The van der Waals surface area contributed by atoms with Crippen LogP contribution in [-0.4, -0.2) is 41.6 Å². The van der Waals surface area contributed by atoms with E-state index in [1.165, 1.54) is 38.5 Å². The fourth-order valence-electron chi connectivity index (χ4n) is 2.61. The molecule has 152 valence electrons. The molecule has 0 saturated heterocycles. The lowest BCUT2D eigenvalue weighted by atomic mass is 10.1. The maximum absolute atomic E-state index is 13.1. The van der Waals surface area contributed by atoms with Crippen molar-refractivity contribution in [1.82, 2.24) is 10.0 Å². The van der Waals surface area contributed by atoms with Crippen LogP contribution in [0.4, 0.5) is 4.39 Å². The second kappa shape index (κ2) is 9.52. The third kappa shape index (κ3) is 5.67. The highest BCUT2D eigenvalue weighted by molar-refractivity contribution is 7.89. The van der Waals surface area contributed by atoms with E-state index >= 15 is 0 Å². The standard InChI is InChI=1S/C19H23FN2O5S/c1-13-9-16(26-2)17(27-3)12-18(13)28(24,25)22-8-7-21-19(23)11-14-5-4-6-15(20)10-14/h4-6,9-10,12,22H,7-8,11H2,1-3H3,(H,21,23). The highest BCUT2D eigenvalue weighted by Gasteiger charge is 2.20. The molecule has 2 aromatic rings. The topological polar surface area (TPSA) is 93.7 Å². The van der Waals surface area contributed by atoms with Crippen molar-refractivity contribution in [2.24, 2.45) is 0 Å². The summed E-state index contributed by atoms with van der Waals surface area (Å²) in [6, 6.07) is 8.71. The number of benzene rings is 2. The Kier molecular flexibility index (Phi) is 7.36. The third-order valence-corrected chi connectivity index (χ3v) is 5.57. The number of aryl methyl sites for hydroxylation is 1. The minimum Gasteiger partial charge on any atom is -0.493 e. The summed E-state index contributed by atoms with van der Waals surface area (Å²) in [6.07, 6.45) is 0.0132. The molecule has 2 aromatic carbocycles. The van der Waals surface area contributed by atoms with Crippen LogP contribution >= 0.6 is 0 Å². The normalized spacial score (nSPS) is 11.1. The van der Waals surface area contributed by atoms with Crippen molar-refractivity contribution in [1.29, 1.82) is 0 Å². The molecule has 28 heavy (non-hydrogen) atoms. The summed E-state index contributed by atoms with van der Waals surface area (Å²) < 4.78 is 50.9. The molecule has 2 rings (SSSR count). The van der Waals surface area contributed by atoms with Gasteiger partial charge in [0.1, 0.15) is 5.82 Å². The predicted octanol–water partition coefficient (Wildman–Crippen LogP) is 1.79.